The minimum absolute atomic E-state index is 0.110. The third-order valence-corrected chi connectivity index (χ3v) is 7.61. The zero-order valence-corrected chi connectivity index (χ0v) is 22.2. The average Bonchev–Trinajstić information content (AvgIpc) is 3.29. The number of aryl methyl sites for hydroxylation is 1. The lowest BCUT2D eigenvalue weighted by atomic mass is 9.96. The number of nitro benzene ring substituents is 1. The van der Waals surface area contributed by atoms with E-state index < -0.39 is 10.8 Å². The summed E-state index contributed by atoms with van der Waals surface area (Å²) in [5.74, 6) is 0.0338. The number of hydrogen-bond acceptors (Lipinski definition) is 8. The third-order valence-electron chi connectivity index (χ3n) is 6.41. The van der Waals surface area contributed by atoms with E-state index in [1.807, 2.05) is 18.2 Å². The Morgan fingerprint density at radius 3 is 2.76 bits per heavy atom. The molecule has 1 amide bonds. The number of non-ortho nitro benzene ring substituents is 1. The Bertz CT molecular complexity index is 1400. The van der Waals surface area contributed by atoms with Gasteiger partial charge in [-0.1, -0.05) is 6.07 Å². The van der Waals surface area contributed by atoms with Gasteiger partial charge in [0.25, 0.3) is 11.6 Å². The first kappa shape index (κ1) is 26.8. The number of rotatable bonds is 10. The number of carbonyl (C=O) groups is 1. The first-order valence-electron chi connectivity index (χ1n) is 12.6. The molecule has 0 unspecified atom stereocenters. The van der Waals surface area contributed by atoms with Gasteiger partial charge in [-0.15, -0.1) is 11.3 Å². The molecule has 196 valence electrons. The van der Waals surface area contributed by atoms with E-state index in [0.29, 0.717) is 27.6 Å². The number of benzene rings is 2. The van der Waals surface area contributed by atoms with Crippen molar-refractivity contribution in [1.29, 1.82) is 5.26 Å². The monoisotopic (exact) mass is 531 g/mol. The fourth-order valence-corrected chi connectivity index (χ4v) is 5.65. The summed E-state index contributed by atoms with van der Waals surface area (Å²) in [7, 11) is 0. The third kappa shape index (κ3) is 6.18. The predicted molar refractivity (Wildman–Crippen MR) is 150 cm³/mol. The average molecular weight is 532 g/mol. The first-order valence-corrected chi connectivity index (χ1v) is 13.4. The highest BCUT2D eigenvalue weighted by atomic mass is 32.1. The number of thiophene rings is 1. The number of nitro groups is 1. The minimum Gasteiger partial charge on any atom is -0.483 e. The van der Waals surface area contributed by atoms with Crippen molar-refractivity contribution in [2.75, 3.05) is 29.9 Å². The fraction of sp³-hybridized carbons (Fsp3) is 0.321. The van der Waals surface area contributed by atoms with Crippen LogP contribution in [0.1, 0.15) is 48.3 Å². The number of carbonyl (C=O) groups excluding carboxylic acids is 1. The number of ether oxygens (including phenoxy) is 1. The highest BCUT2D eigenvalue weighted by Gasteiger charge is 2.20. The molecule has 1 heterocycles. The maximum Gasteiger partial charge on any atom is 0.271 e. The molecule has 0 bridgehead atoms. The van der Waals surface area contributed by atoms with Crippen molar-refractivity contribution in [1.82, 2.24) is 0 Å². The lowest BCUT2D eigenvalue weighted by molar-refractivity contribution is -0.384. The molecule has 38 heavy (non-hydrogen) atoms. The quantitative estimate of drug-likeness (QED) is 0.194. The molecule has 0 spiro atoms. The molecule has 9 nitrogen and oxygen atoms in total. The first-order chi connectivity index (χ1) is 18.4. The van der Waals surface area contributed by atoms with Crippen molar-refractivity contribution in [2.45, 2.75) is 39.5 Å². The maximum atomic E-state index is 12.6. The number of fused-ring (bicyclic) bond motifs is 1. The summed E-state index contributed by atoms with van der Waals surface area (Å²) in [5, 5.41) is 24.1. The second-order valence-electron chi connectivity index (χ2n) is 8.80. The summed E-state index contributed by atoms with van der Waals surface area (Å²) < 4.78 is 5.93. The molecule has 0 saturated carbocycles. The van der Waals surface area contributed by atoms with Gasteiger partial charge in [0, 0.05) is 59.3 Å². The highest BCUT2D eigenvalue weighted by Crippen LogP contribution is 2.39. The van der Waals surface area contributed by atoms with Crippen LogP contribution in [0.2, 0.25) is 0 Å². The van der Waals surface area contributed by atoms with Crippen LogP contribution in [0.15, 0.2) is 47.5 Å². The maximum absolute atomic E-state index is 12.6. The van der Waals surface area contributed by atoms with Crippen molar-refractivity contribution in [3.05, 3.63) is 74.1 Å². The van der Waals surface area contributed by atoms with Gasteiger partial charge in [0.05, 0.1) is 10.5 Å². The van der Waals surface area contributed by atoms with Gasteiger partial charge in [-0.25, -0.2) is 4.99 Å². The zero-order valence-electron chi connectivity index (χ0n) is 21.4. The van der Waals surface area contributed by atoms with E-state index in [2.05, 4.69) is 35.1 Å². The lowest BCUT2D eigenvalue weighted by Gasteiger charge is -2.22. The number of nitriles is 1. The van der Waals surface area contributed by atoms with E-state index in [4.69, 9.17) is 4.74 Å². The van der Waals surface area contributed by atoms with Crippen molar-refractivity contribution in [3.8, 4) is 11.8 Å². The van der Waals surface area contributed by atoms with Crippen LogP contribution in [0, 0.1) is 21.4 Å². The number of aliphatic imine (C=N–C) groups is 1. The summed E-state index contributed by atoms with van der Waals surface area (Å²) in [6.45, 7) is 5.45. The number of nitrogens with zero attached hydrogens (tertiary/aromatic N) is 4. The molecule has 3 aromatic rings. The van der Waals surface area contributed by atoms with Crippen molar-refractivity contribution >= 4 is 45.5 Å². The Hall–Kier alpha value is -4.23. The Balaban J connectivity index is 1.56. The lowest BCUT2D eigenvalue weighted by Crippen LogP contribution is -2.23. The molecular formula is C28H29N5O4S. The molecule has 0 aliphatic heterocycles. The van der Waals surface area contributed by atoms with E-state index in [0.717, 1.165) is 50.0 Å². The Labute approximate surface area is 225 Å². The fourth-order valence-electron chi connectivity index (χ4n) is 4.46. The van der Waals surface area contributed by atoms with Crippen molar-refractivity contribution in [3.63, 3.8) is 0 Å². The second kappa shape index (κ2) is 12.3. The van der Waals surface area contributed by atoms with E-state index in [1.54, 1.807) is 23.6 Å². The molecule has 0 saturated heterocycles. The van der Waals surface area contributed by atoms with Gasteiger partial charge in [-0.2, -0.15) is 5.26 Å². The SMILES string of the molecule is CCN(CC)c1ccc(C=Nc2sc3c(c2C#N)CCCC3)c(OCC(=O)Nc2cccc([N+](=O)[O-])c2)c1. The normalized spacial score (nSPS) is 12.6. The van der Waals surface area contributed by atoms with Gasteiger partial charge in [0.1, 0.15) is 16.8 Å². The van der Waals surface area contributed by atoms with E-state index >= 15 is 0 Å². The molecule has 10 heteroatoms. The minimum atomic E-state index is -0.516. The van der Waals surface area contributed by atoms with Gasteiger partial charge in [-0.3, -0.25) is 14.9 Å². The van der Waals surface area contributed by atoms with Gasteiger partial charge >= 0.3 is 0 Å². The Morgan fingerprint density at radius 1 is 1.24 bits per heavy atom. The molecule has 1 N–H and O–H groups in total. The Kier molecular flexibility index (Phi) is 8.71. The highest BCUT2D eigenvalue weighted by molar-refractivity contribution is 7.16. The molecule has 1 aliphatic carbocycles. The van der Waals surface area contributed by atoms with Crippen LogP contribution >= 0.6 is 11.3 Å². The summed E-state index contributed by atoms with van der Waals surface area (Å²) in [4.78, 5) is 31.2. The van der Waals surface area contributed by atoms with Crippen LogP contribution < -0.4 is 15.0 Å². The standard InChI is InChI=1S/C28H29N5O4S/c1-3-32(4-2)21-13-12-19(17-30-28-24(16-29)23-10-5-6-11-26(23)38-28)25(15-21)37-18-27(34)31-20-8-7-9-22(14-20)33(35)36/h7-9,12-15,17H,3-6,10-11,18H2,1-2H3,(H,31,34). The second-order valence-corrected chi connectivity index (χ2v) is 9.88. The van der Waals surface area contributed by atoms with Crippen LogP contribution in [0.3, 0.4) is 0 Å². The van der Waals surface area contributed by atoms with Gasteiger partial charge in [0.2, 0.25) is 0 Å². The molecule has 0 atom stereocenters. The summed E-state index contributed by atoms with van der Waals surface area (Å²) in [6, 6.07) is 13.8. The molecule has 1 aliphatic rings. The van der Waals surface area contributed by atoms with Gasteiger partial charge in [-0.05, 0) is 63.3 Å². The summed E-state index contributed by atoms with van der Waals surface area (Å²) in [5.41, 5.74) is 3.62. The number of hydrogen-bond donors (Lipinski definition) is 1. The van der Waals surface area contributed by atoms with E-state index in [9.17, 15) is 20.2 Å². The number of nitrogens with one attached hydrogen (secondary N) is 1. The molecule has 1 aromatic heterocycles. The van der Waals surface area contributed by atoms with E-state index in [1.165, 1.54) is 23.1 Å². The molecule has 2 aromatic carbocycles. The predicted octanol–water partition coefficient (Wildman–Crippen LogP) is 6.02. The summed E-state index contributed by atoms with van der Waals surface area (Å²) >= 11 is 1.57. The van der Waals surface area contributed by atoms with Crippen LogP contribution in [-0.2, 0) is 17.6 Å². The molecule has 4 rings (SSSR count). The molecule has 0 fully saturated rings. The number of amides is 1. The van der Waals surface area contributed by atoms with Crippen molar-refractivity contribution < 1.29 is 14.5 Å². The number of anilines is 2. The van der Waals surface area contributed by atoms with Crippen LogP contribution in [0.4, 0.5) is 22.1 Å². The molecule has 0 radical (unpaired) electrons. The van der Waals surface area contributed by atoms with Crippen molar-refractivity contribution in [2.24, 2.45) is 4.99 Å². The van der Waals surface area contributed by atoms with Crippen LogP contribution in [0.25, 0.3) is 0 Å². The summed E-state index contributed by atoms with van der Waals surface area (Å²) in [6.07, 6.45) is 5.79. The van der Waals surface area contributed by atoms with E-state index in [-0.39, 0.29) is 12.3 Å². The Morgan fingerprint density at radius 2 is 2.03 bits per heavy atom. The van der Waals surface area contributed by atoms with Gasteiger partial charge < -0.3 is 15.0 Å². The smallest absolute Gasteiger partial charge is 0.271 e. The largest absolute Gasteiger partial charge is 0.483 e. The van der Waals surface area contributed by atoms with Gasteiger partial charge in [0.15, 0.2) is 6.61 Å². The van der Waals surface area contributed by atoms with Crippen LogP contribution in [0.5, 0.6) is 5.75 Å². The molecular weight excluding hydrogens is 502 g/mol. The topological polar surface area (TPSA) is 121 Å². The van der Waals surface area contributed by atoms with Crippen LogP contribution in [-0.4, -0.2) is 36.7 Å². The zero-order chi connectivity index (χ0) is 27.1.